The number of benzene rings is 1. The molecule has 25 heavy (non-hydrogen) atoms. The fraction of sp³-hybridized carbons (Fsp3) is 0.316. The number of anilines is 1. The first kappa shape index (κ1) is 15.6. The second-order valence-electron chi connectivity index (χ2n) is 6.75. The molecule has 3 aromatic rings. The van der Waals surface area contributed by atoms with Gasteiger partial charge in [0.05, 0.1) is 11.4 Å². The molecule has 3 heterocycles. The van der Waals surface area contributed by atoms with E-state index in [1.54, 1.807) is 6.33 Å². The largest absolute Gasteiger partial charge is 0.362 e. The Labute approximate surface area is 146 Å². The maximum atomic E-state index is 12.0. The lowest BCUT2D eigenvalue weighted by molar-refractivity contribution is 0.0946. The zero-order chi connectivity index (χ0) is 17.4. The van der Waals surface area contributed by atoms with Crippen molar-refractivity contribution in [1.29, 1.82) is 0 Å². The zero-order valence-electron chi connectivity index (χ0n) is 14.3. The smallest absolute Gasteiger partial charge is 0.251 e. The maximum absolute atomic E-state index is 12.0. The van der Waals surface area contributed by atoms with Gasteiger partial charge in [-0.15, -0.1) is 0 Å². The molecule has 0 aliphatic carbocycles. The predicted octanol–water partition coefficient (Wildman–Crippen LogP) is 3.05. The van der Waals surface area contributed by atoms with Gasteiger partial charge in [0.1, 0.15) is 17.8 Å². The molecule has 3 N–H and O–H groups in total. The number of rotatable bonds is 4. The SMILES string of the molecule is CC(C)[C@@H](Nc1ncnc2[nH]ccc12)c1ccc2c(c1)CCNC2=O. The first-order chi connectivity index (χ1) is 12.1. The van der Waals surface area contributed by atoms with E-state index in [2.05, 4.69) is 45.5 Å². The van der Waals surface area contributed by atoms with Crippen LogP contribution in [0, 0.1) is 5.92 Å². The Kier molecular flexibility index (Phi) is 3.87. The summed E-state index contributed by atoms with van der Waals surface area (Å²) in [4.78, 5) is 23.7. The second-order valence-corrected chi connectivity index (χ2v) is 6.75. The first-order valence-corrected chi connectivity index (χ1v) is 8.59. The van der Waals surface area contributed by atoms with Gasteiger partial charge in [0.15, 0.2) is 0 Å². The van der Waals surface area contributed by atoms with Crippen LogP contribution in [0.3, 0.4) is 0 Å². The van der Waals surface area contributed by atoms with E-state index in [1.807, 2.05) is 24.4 Å². The quantitative estimate of drug-likeness (QED) is 0.684. The third kappa shape index (κ3) is 2.84. The highest BCUT2D eigenvalue weighted by atomic mass is 16.1. The maximum Gasteiger partial charge on any atom is 0.251 e. The van der Waals surface area contributed by atoms with Crippen molar-refractivity contribution in [2.75, 3.05) is 11.9 Å². The van der Waals surface area contributed by atoms with Gasteiger partial charge in [0.25, 0.3) is 5.91 Å². The van der Waals surface area contributed by atoms with Crippen LogP contribution in [-0.4, -0.2) is 27.4 Å². The third-order valence-electron chi connectivity index (χ3n) is 4.73. The summed E-state index contributed by atoms with van der Waals surface area (Å²) in [6.45, 7) is 5.06. The van der Waals surface area contributed by atoms with E-state index in [9.17, 15) is 4.79 Å². The van der Waals surface area contributed by atoms with Crippen LogP contribution in [0.2, 0.25) is 0 Å². The molecular weight excluding hydrogens is 314 g/mol. The Morgan fingerprint density at radius 3 is 2.92 bits per heavy atom. The predicted molar refractivity (Wildman–Crippen MR) is 97.6 cm³/mol. The van der Waals surface area contributed by atoms with Crippen LogP contribution in [0.4, 0.5) is 5.82 Å². The van der Waals surface area contributed by atoms with Crippen molar-refractivity contribution in [3.8, 4) is 0 Å². The first-order valence-electron chi connectivity index (χ1n) is 8.59. The standard InChI is InChI=1S/C19H21N5O/c1-11(2)16(24-18-15-6-8-20-17(15)22-10-23-18)13-3-4-14-12(9-13)5-7-21-19(14)25/h3-4,6,8-11,16H,5,7H2,1-2H3,(H,21,25)(H2,20,22,23,24)/t16-/m1/s1. The van der Waals surface area contributed by atoms with Crippen molar-refractivity contribution in [2.45, 2.75) is 26.3 Å². The molecule has 0 radical (unpaired) electrons. The summed E-state index contributed by atoms with van der Waals surface area (Å²) in [6, 6.07) is 8.20. The summed E-state index contributed by atoms with van der Waals surface area (Å²) in [5.41, 5.74) is 3.89. The van der Waals surface area contributed by atoms with Crippen LogP contribution < -0.4 is 10.6 Å². The number of nitrogens with zero attached hydrogens (tertiary/aromatic N) is 2. The van der Waals surface area contributed by atoms with E-state index in [-0.39, 0.29) is 11.9 Å². The zero-order valence-corrected chi connectivity index (χ0v) is 14.3. The Balaban J connectivity index is 1.70. The molecule has 128 valence electrons. The average Bonchev–Trinajstić information content (AvgIpc) is 3.09. The Hall–Kier alpha value is -2.89. The lowest BCUT2D eigenvalue weighted by Crippen LogP contribution is -2.32. The van der Waals surface area contributed by atoms with Crippen molar-refractivity contribution in [1.82, 2.24) is 20.3 Å². The van der Waals surface area contributed by atoms with Crippen molar-refractivity contribution >= 4 is 22.8 Å². The molecule has 1 aliphatic rings. The van der Waals surface area contributed by atoms with Gasteiger partial charge in [-0.1, -0.05) is 26.0 Å². The number of fused-ring (bicyclic) bond motifs is 2. The molecule has 4 rings (SSSR count). The highest BCUT2D eigenvalue weighted by Gasteiger charge is 2.22. The number of carbonyl (C=O) groups excluding carboxylic acids is 1. The minimum atomic E-state index is 0.0201. The van der Waals surface area contributed by atoms with Crippen molar-refractivity contribution in [2.24, 2.45) is 5.92 Å². The molecule has 0 saturated carbocycles. The summed E-state index contributed by atoms with van der Waals surface area (Å²) in [5.74, 6) is 1.20. The van der Waals surface area contributed by atoms with Gasteiger partial charge in [0, 0.05) is 18.3 Å². The molecule has 0 bridgehead atoms. The van der Waals surface area contributed by atoms with E-state index < -0.39 is 0 Å². The van der Waals surface area contributed by atoms with E-state index >= 15 is 0 Å². The Morgan fingerprint density at radius 2 is 2.08 bits per heavy atom. The third-order valence-corrected chi connectivity index (χ3v) is 4.73. The van der Waals surface area contributed by atoms with Crippen LogP contribution in [0.1, 0.15) is 41.4 Å². The number of aromatic nitrogens is 3. The van der Waals surface area contributed by atoms with Crippen LogP contribution in [0.5, 0.6) is 0 Å². The highest BCUT2D eigenvalue weighted by Crippen LogP contribution is 2.30. The lowest BCUT2D eigenvalue weighted by Gasteiger charge is -2.26. The fourth-order valence-corrected chi connectivity index (χ4v) is 3.41. The van der Waals surface area contributed by atoms with Crippen molar-refractivity contribution in [3.05, 3.63) is 53.5 Å². The Morgan fingerprint density at radius 1 is 1.20 bits per heavy atom. The van der Waals surface area contributed by atoms with Crippen LogP contribution >= 0.6 is 0 Å². The molecule has 0 fully saturated rings. The number of hydrogen-bond donors (Lipinski definition) is 3. The van der Waals surface area contributed by atoms with Crippen LogP contribution in [-0.2, 0) is 6.42 Å². The number of carbonyl (C=O) groups is 1. The molecule has 1 atom stereocenters. The fourth-order valence-electron chi connectivity index (χ4n) is 3.41. The molecule has 2 aromatic heterocycles. The highest BCUT2D eigenvalue weighted by molar-refractivity contribution is 5.96. The topological polar surface area (TPSA) is 82.7 Å². The van der Waals surface area contributed by atoms with Crippen LogP contribution in [0.25, 0.3) is 11.0 Å². The summed E-state index contributed by atoms with van der Waals surface area (Å²) in [5, 5.41) is 7.44. The van der Waals surface area contributed by atoms with E-state index in [1.165, 1.54) is 5.56 Å². The minimum absolute atomic E-state index is 0.0201. The van der Waals surface area contributed by atoms with E-state index in [0.29, 0.717) is 12.5 Å². The number of H-pyrrole nitrogens is 1. The molecule has 6 heteroatoms. The van der Waals surface area contributed by atoms with Crippen molar-refractivity contribution in [3.63, 3.8) is 0 Å². The summed E-state index contributed by atoms with van der Waals surface area (Å²) in [6.07, 6.45) is 4.30. The monoisotopic (exact) mass is 335 g/mol. The van der Waals surface area contributed by atoms with Crippen LogP contribution in [0.15, 0.2) is 36.8 Å². The van der Waals surface area contributed by atoms with Gasteiger partial charge in [-0.2, -0.15) is 0 Å². The Bertz CT molecular complexity index is 930. The second kappa shape index (κ2) is 6.20. The minimum Gasteiger partial charge on any atom is -0.362 e. The van der Waals surface area contributed by atoms with E-state index in [0.717, 1.165) is 34.4 Å². The molecule has 0 unspecified atom stereocenters. The van der Waals surface area contributed by atoms with Gasteiger partial charge < -0.3 is 15.6 Å². The van der Waals surface area contributed by atoms with Gasteiger partial charge >= 0.3 is 0 Å². The number of aromatic amines is 1. The summed E-state index contributed by atoms with van der Waals surface area (Å²) < 4.78 is 0. The normalized spacial score (nSPS) is 15.1. The number of amides is 1. The molecular formula is C19H21N5O. The van der Waals surface area contributed by atoms with Gasteiger partial charge in [-0.05, 0) is 35.6 Å². The van der Waals surface area contributed by atoms with Gasteiger partial charge in [-0.3, -0.25) is 4.79 Å². The molecule has 1 aliphatic heterocycles. The molecule has 6 nitrogen and oxygen atoms in total. The van der Waals surface area contributed by atoms with Gasteiger partial charge in [-0.25, -0.2) is 9.97 Å². The molecule has 1 amide bonds. The average molecular weight is 335 g/mol. The van der Waals surface area contributed by atoms with Crippen molar-refractivity contribution < 1.29 is 4.79 Å². The molecule has 0 spiro atoms. The molecule has 1 aromatic carbocycles. The van der Waals surface area contributed by atoms with Gasteiger partial charge in [0.2, 0.25) is 0 Å². The lowest BCUT2D eigenvalue weighted by atomic mass is 9.90. The number of nitrogens with one attached hydrogen (secondary N) is 3. The summed E-state index contributed by atoms with van der Waals surface area (Å²) in [7, 11) is 0. The summed E-state index contributed by atoms with van der Waals surface area (Å²) >= 11 is 0. The number of hydrogen-bond acceptors (Lipinski definition) is 4. The molecule has 0 saturated heterocycles. The van der Waals surface area contributed by atoms with E-state index in [4.69, 9.17) is 0 Å².